The van der Waals surface area contributed by atoms with Crippen LogP contribution in [-0.2, 0) is 16.1 Å². The van der Waals surface area contributed by atoms with Crippen molar-refractivity contribution in [2.75, 3.05) is 0 Å². The highest BCUT2D eigenvalue weighted by molar-refractivity contribution is 7.20. The number of thiophene rings is 1. The van der Waals surface area contributed by atoms with E-state index >= 15 is 0 Å². The Hall–Kier alpha value is -1.73. The van der Waals surface area contributed by atoms with Crippen LogP contribution in [0.4, 0.5) is 0 Å². The third kappa shape index (κ3) is 4.17. The second-order valence-electron chi connectivity index (χ2n) is 6.01. The Morgan fingerprint density at radius 1 is 1.48 bits per heavy atom. The molecule has 0 radical (unpaired) electrons. The highest BCUT2D eigenvalue weighted by atomic mass is 32.1. The first-order chi connectivity index (χ1) is 11.0. The van der Waals surface area contributed by atoms with Crippen molar-refractivity contribution in [1.82, 2.24) is 15.6 Å². The molecule has 2 N–H and O–H groups in total. The maximum absolute atomic E-state index is 12.0. The van der Waals surface area contributed by atoms with Gasteiger partial charge in [-0.15, -0.1) is 22.7 Å². The zero-order chi connectivity index (χ0) is 16.3. The lowest BCUT2D eigenvalue weighted by Gasteiger charge is -2.23. The van der Waals surface area contributed by atoms with Crippen LogP contribution >= 0.6 is 22.7 Å². The summed E-state index contributed by atoms with van der Waals surface area (Å²) < 4.78 is 0. The van der Waals surface area contributed by atoms with Crippen LogP contribution in [0.1, 0.15) is 38.3 Å². The Morgan fingerprint density at radius 3 is 3.04 bits per heavy atom. The van der Waals surface area contributed by atoms with Crippen molar-refractivity contribution in [2.45, 2.75) is 44.7 Å². The fraction of sp³-hybridized carbons (Fsp3) is 0.438. The predicted octanol–water partition coefficient (Wildman–Crippen LogP) is 2.94. The van der Waals surface area contributed by atoms with Crippen molar-refractivity contribution >= 4 is 34.5 Å². The molecule has 1 saturated heterocycles. The minimum absolute atomic E-state index is 0.00181. The van der Waals surface area contributed by atoms with Crippen molar-refractivity contribution in [2.24, 2.45) is 0 Å². The molecule has 1 fully saturated rings. The fourth-order valence-corrected chi connectivity index (χ4v) is 4.24. The van der Waals surface area contributed by atoms with Crippen molar-refractivity contribution in [3.63, 3.8) is 0 Å². The van der Waals surface area contributed by atoms with Crippen molar-refractivity contribution in [1.29, 1.82) is 0 Å². The fourth-order valence-electron chi connectivity index (χ4n) is 2.61. The number of thiazole rings is 1. The van der Waals surface area contributed by atoms with Gasteiger partial charge in [0.25, 0.3) is 0 Å². The number of rotatable bonds is 6. The number of hydrogen-bond donors (Lipinski definition) is 2. The Balaban J connectivity index is 1.45. The van der Waals surface area contributed by atoms with E-state index in [1.807, 2.05) is 29.8 Å². The molecule has 2 aromatic heterocycles. The van der Waals surface area contributed by atoms with Gasteiger partial charge in [-0.25, -0.2) is 4.98 Å². The number of hydrogen-bond acceptors (Lipinski definition) is 5. The Bertz CT molecular complexity index is 696. The maximum atomic E-state index is 12.0. The monoisotopic (exact) mass is 349 g/mol. The SMILES string of the molecule is C[C@@]1(CCC(=O)NCc2csc(-c3cccs3)n2)CCC(=O)N1. The quantitative estimate of drug-likeness (QED) is 0.842. The second kappa shape index (κ2) is 6.80. The molecule has 3 rings (SSSR count). The van der Waals surface area contributed by atoms with Gasteiger partial charge in [0.05, 0.1) is 17.1 Å². The highest BCUT2D eigenvalue weighted by Crippen LogP contribution is 2.28. The summed E-state index contributed by atoms with van der Waals surface area (Å²) in [5.74, 6) is 0.0783. The average molecular weight is 349 g/mol. The standard InChI is InChI=1S/C16H19N3O2S2/c1-16(7-5-14(21)19-16)6-4-13(20)17-9-11-10-23-15(18-11)12-3-2-8-22-12/h2-3,8,10H,4-7,9H2,1H3,(H,17,20)(H,19,21)/t16-/m1/s1. The van der Waals surface area contributed by atoms with Crippen LogP contribution in [0.5, 0.6) is 0 Å². The minimum atomic E-state index is -0.235. The van der Waals surface area contributed by atoms with Gasteiger partial charge >= 0.3 is 0 Å². The molecule has 0 saturated carbocycles. The van der Waals surface area contributed by atoms with Gasteiger partial charge in [-0.3, -0.25) is 9.59 Å². The normalized spacial score (nSPS) is 20.5. The van der Waals surface area contributed by atoms with Crippen LogP contribution in [0.25, 0.3) is 9.88 Å². The van der Waals surface area contributed by atoms with Gasteiger partial charge < -0.3 is 10.6 Å². The molecule has 0 unspecified atom stereocenters. The molecular formula is C16H19N3O2S2. The van der Waals surface area contributed by atoms with Crippen LogP contribution < -0.4 is 10.6 Å². The number of nitrogens with zero attached hydrogens (tertiary/aromatic N) is 1. The molecule has 0 aliphatic carbocycles. The second-order valence-corrected chi connectivity index (χ2v) is 7.81. The molecular weight excluding hydrogens is 330 g/mol. The summed E-state index contributed by atoms with van der Waals surface area (Å²) in [6, 6.07) is 4.05. The predicted molar refractivity (Wildman–Crippen MR) is 92.3 cm³/mol. The smallest absolute Gasteiger partial charge is 0.220 e. The van der Waals surface area contributed by atoms with Crippen LogP contribution in [0.15, 0.2) is 22.9 Å². The van der Waals surface area contributed by atoms with Gasteiger partial charge in [-0.2, -0.15) is 0 Å². The van der Waals surface area contributed by atoms with Gasteiger partial charge in [0.1, 0.15) is 5.01 Å². The Morgan fingerprint density at radius 2 is 2.35 bits per heavy atom. The van der Waals surface area contributed by atoms with E-state index in [0.717, 1.165) is 22.0 Å². The summed E-state index contributed by atoms with van der Waals surface area (Å²) in [4.78, 5) is 29.0. The minimum Gasteiger partial charge on any atom is -0.351 e. The molecule has 1 aliphatic heterocycles. The summed E-state index contributed by atoms with van der Waals surface area (Å²) in [5, 5.41) is 10.9. The number of carbonyl (C=O) groups is 2. The molecule has 0 aromatic carbocycles. The van der Waals surface area contributed by atoms with Gasteiger partial charge in [0.2, 0.25) is 11.8 Å². The van der Waals surface area contributed by atoms with E-state index in [4.69, 9.17) is 0 Å². The van der Waals surface area contributed by atoms with Crippen molar-refractivity contribution in [3.05, 3.63) is 28.6 Å². The average Bonchev–Trinajstić information content (AvgIpc) is 3.24. The molecule has 2 aromatic rings. The van der Waals surface area contributed by atoms with Crippen molar-refractivity contribution in [3.8, 4) is 9.88 Å². The third-order valence-electron chi connectivity index (χ3n) is 4.00. The van der Waals surface area contributed by atoms with Crippen LogP contribution in [-0.4, -0.2) is 22.3 Å². The third-order valence-corrected chi connectivity index (χ3v) is 5.93. The van der Waals surface area contributed by atoms with Crippen LogP contribution in [0.3, 0.4) is 0 Å². The summed E-state index contributed by atoms with van der Waals surface area (Å²) >= 11 is 3.25. The molecule has 0 spiro atoms. The van der Waals surface area contributed by atoms with Gasteiger partial charge in [-0.05, 0) is 31.2 Å². The van der Waals surface area contributed by atoms with Crippen molar-refractivity contribution < 1.29 is 9.59 Å². The Kier molecular flexibility index (Phi) is 4.77. The topological polar surface area (TPSA) is 71.1 Å². The summed E-state index contributed by atoms with van der Waals surface area (Å²) in [7, 11) is 0. The molecule has 3 heterocycles. The van der Waals surface area contributed by atoms with Crippen LogP contribution in [0, 0.1) is 0 Å². The first-order valence-electron chi connectivity index (χ1n) is 7.60. The van der Waals surface area contributed by atoms with Crippen LogP contribution in [0.2, 0.25) is 0 Å². The molecule has 0 bridgehead atoms. The van der Waals surface area contributed by atoms with E-state index < -0.39 is 0 Å². The number of amides is 2. The van der Waals surface area contributed by atoms with E-state index in [1.165, 1.54) is 0 Å². The molecule has 7 heteroatoms. The maximum Gasteiger partial charge on any atom is 0.220 e. The Labute approximate surface area is 143 Å². The zero-order valence-electron chi connectivity index (χ0n) is 12.9. The molecule has 23 heavy (non-hydrogen) atoms. The summed E-state index contributed by atoms with van der Waals surface area (Å²) in [5.41, 5.74) is 0.647. The number of nitrogens with one attached hydrogen (secondary N) is 2. The van der Waals surface area contributed by atoms with Gasteiger partial charge in [-0.1, -0.05) is 6.07 Å². The molecule has 1 aliphatic rings. The molecule has 5 nitrogen and oxygen atoms in total. The molecule has 122 valence electrons. The first-order valence-corrected chi connectivity index (χ1v) is 9.36. The van der Waals surface area contributed by atoms with E-state index in [2.05, 4.69) is 15.6 Å². The lowest BCUT2D eigenvalue weighted by Crippen LogP contribution is -2.39. The number of carbonyl (C=O) groups excluding carboxylic acids is 2. The lowest BCUT2D eigenvalue weighted by atomic mass is 9.94. The van der Waals surface area contributed by atoms with E-state index in [-0.39, 0.29) is 17.4 Å². The van der Waals surface area contributed by atoms with E-state index in [1.54, 1.807) is 22.7 Å². The van der Waals surface area contributed by atoms with Gasteiger partial charge in [0.15, 0.2) is 0 Å². The van der Waals surface area contributed by atoms with E-state index in [9.17, 15) is 9.59 Å². The summed E-state index contributed by atoms with van der Waals surface area (Å²) in [6.45, 7) is 2.45. The summed E-state index contributed by atoms with van der Waals surface area (Å²) in [6.07, 6.45) is 2.44. The van der Waals surface area contributed by atoms with Gasteiger partial charge in [0, 0.05) is 23.8 Å². The molecule has 1 atom stereocenters. The lowest BCUT2D eigenvalue weighted by molar-refractivity contribution is -0.122. The highest BCUT2D eigenvalue weighted by Gasteiger charge is 2.32. The van der Waals surface area contributed by atoms with E-state index in [0.29, 0.717) is 25.8 Å². The largest absolute Gasteiger partial charge is 0.351 e. The first kappa shape index (κ1) is 16.1. The number of aromatic nitrogens is 1. The molecule has 2 amide bonds. The zero-order valence-corrected chi connectivity index (χ0v) is 14.6.